The van der Waals surface area contributed by atoms with E-state index in [0.717, 1.165) is 29.9 Å². The minimum absolute atomic E-state index is 0.151. The first-order valence-electron chi connectivity index (χ1n) is 6.61. The molecule has 1 saturated heterocycles. The first-order chi connectivity index (χ1) is 9.24. The Morgan fingerprint density at radius 3 is 2.63 bits per heavy atom. The molecule has 1 aromatic rings. The maximum Gasteiger partial charge on any atom is 0.234 e. The monoisotopic (exact) mass is 342 g/mol. The summed E-state index contributed by atoms with van der Waals surface area (Å²) in [5.41, 5.74) is 0. The molecule has 1 N–H and O–H groups in total. The van der Waals surface area contributed by atoms with Crippen LogP contribution in [0, 0.1) is 0 Å². The van der Waals surface area contributed by atoms with Gasteiger partial charge in [-0.3, -0.25) is 9.69 Å². The normalized spacial score (nSPS) is 15.6. The van der Waals surface area contributed by atoms with Crippen LogP contribution in [-0.2, 0) is 4.79 Å². The van der Waals surface area contributed by atoms with Crippen molar-refractivity contribution in [3.8, 4) is 0 Å². The van der Waals surface area contributed by atoms with Crippen LogP contribution in [0.25, 0.3) is 0 Å². The molecule has 0 spiro atoms. The lowest BCUT2D eigenvalue weighted by Gasteiger charge is -2.13. The van der Waals surface area contributed by atoms with Gasteiger partial charge in [-0.1, -0.05) is 15.9 Å². The molecule has 1 aliphatic rings. The van der Waals surface area contributed by atoms with Crippen LogP contribution in [0.5, 0.6) is 0 Å². The van der Waals surface area contributed by atoms with Crippen molar-refractivity contribution in [3.63, 3.8) is 0 Å². The first-order valence-corrected chi connectivity index (χ1v) is 8.39. The van der Waals surface area contributed by atoms with Crippen LogP contribution in [0.2, 0.25) is 0 Å². The van der Waals surface area contributed by atoms with Crippen molar-refractivity contribution in [1.29, 1.82) is 0 Å². The summed E-state index contributed by atoms with van der Waals surface area (Å²) in [6.07, 6.45) is 2.46. The number of rotatable bonds is 6. The Bertz CT molecular complexity index is 404. The molecule has 1 aliphatic heterocycles. The minimum atomic E-state index is 0.151. The van der Waals surface area contributed by atoms with Gasteiger partial charge in [-0.05, 0) is 50.2 Å². The number of hydrogen-bond acceptors (Lipinski definition) is 3. The Morgan fingerprint density at radius 2 is 1.95 bits per heavy atom. The summed E-state index contributed by atoms with van der Waals surface area (Å²) in [6.45, 7) is 3.43. The molecular formula is C14H19BrN2OS. The van der Waals surface area contributed by atoms with E-state index in [0.29, 0.717) is 6.54 Å². The zero-order valence-corrected chi connectivity index (χ0v) is 13.3. The van der Waals surface area contributed by atoms with E-state index in [9.17, 15) is 4.79 Å². The van der Waals surface area contributed by atoms with E-state index in [1.54, 1.807) is 11.8 Å². The molecule has 3 nitrogen and oxygen atoms in total. The zero-order valence-electron chi connectivity index (χ0n) is 10.9. The summed E-state index contributed by atoms with van der Waals surface area (Å²) in [4.78, 5) is 15.1. The highest BCUT2D eigenvalue weighted by Crippen LogP contribution is 2.19. The molecule has 1 amide bonds. The molecule has 5 heteroatoms. The third kappa shape index (κ3) is 5.55. The number of nitrogens with zero attached hydrogens (tertiary/aromatic N) is 1. The Balaban J connectivity index is 1.58. The Labute approximate surface area is 127 Å². The van der Waals surface area contributed by atoms with Crippen LogP contribution in [-0.4, -0.2) is 42.7 Å². The molecule has 2 rings (SSSR count). The van der Waals surface area contributed by atoms with Crippen LogP contribution >= 0.6 is 27.7 Å². The summed E-state index contributed by atoms with van der Waals surface area (Å²) in [5.74, 6) is 1.06. The fourth-order valence-corrected chi connectivity index (χ4v) is 3.12. The number of amides is 1. The third-order valence-electron chi connectivity index (χ3n) is 3.07. The second-order valence-corrected chi connectivity index (χ2v) is 6.72. The molecule has 0 aliphatic carbocycles. The van der Waals surface area contributed by atoms with Gasteiger partial charge < -0.3 is 5.32 Å². The summed E-state index contributed by atoms with van der Waals surface area (Å²) in [5, 5.41) is 2.98. The fraction of sp³-hybridized carbons (Fsp3) is 0.500. The van der Waals surface area contributed by atoms with Gasteiger partial charge in [0, 0.05) is 21.7 Å². The molecule has 1 heterocycles. The average Bonchev–Trinajstić information content (AvgIpc) is 2.89. The van der Waals surface area contributed by atoms with E-state index in [2.05, 4.69) is 38.3 Å². The SMILES string of the molecule is O=C(CN1CCCC1)NCCSc1ccc(Br)cc1. The second-order valence-electron chi connectivity index (χ2n) is 4.64. The molecule has 0 unspecified atom stereocenters. The average molecular weight is 343 g/mol. The van der Waals surface area contributed by atoms with Crippen LogP contribution in [0.1, 0.15) is 12.8 Å². The number of likely N-dealkylation sites (tertiary alicyclic amines) is 1. The van der Waals surface area contributed by atoms with Crippen molar-refractivity contribution >= 4 is 33.6 Å². The van der Waals surface area contributed by atoms with Gasteiger partial charge in [0.15, 0.2) is 0 Å². The lowest BCUT2D eigenvalue weighted by Crippen LogP contribution is -2.36. The number of thioether (sulfide) groups is 1. The Morgan fingerprint density at radius 1 is 1.26 bits per heavy atom. The Hall–Kier alpha value is -0.520. The number of nitrogens with one attached hydrogen (secondary N) is 1. The van der Waals surface area contributed by atoms with E-state index in [1.807, 2.05) is 12.1 Å². The van der Waals surface area contributed by atoms with E-state index in [1.165, 1.54) is 17.7 Å². The topological polar surface area (TPSA) is 32.3 Å². The smallest absolute Gasteiger partial charge is 0.234 e. The number of halogens is 1. The van der Waals surface area contributed by atoms with Crippen molar-refractivity contribution in [2.75, 3.05) is 31.9 Å². The summed E-state index contributed by atoms with van der Waals surface area (Å²) >= 11 is 5.18. The first kappa shape index (κ1) is 14.9. The minimum Gasteiger partial charge on any atom is -0.354 e. The van der Waals surface area contributed by atoms with Gasteiger partial charge in [0.25, 0.3) is 0 Å². The van der Waals surface area contributed by atoms with Gasteiger partial charge in [-0.15, -0.1) is 11.8 Å². The molecule has 0 radical (unpaired) electrons. The molecule has 19 heavy (non-hydrogen) atoms. The molecule has 0 saturated carbocycles. The van der Waals surface area contributed by atoms with E-state index < -0.39 is 0 Å². The number of carbonyl (C=O) groups excluding carboxylic acids is 1. The second kappa shape index (κ2) is 7.92. The lowest BCUT2D eigenvalue weighted by atomic mass is 10.4. The van der Waals surface area contributed by atoms with Crippen molar-refractivity contribution in [2.24, 2.45) is 0 Å². The number of carbonyl (C=O) groups is 1. The van der Waals surface area contributed by atoms with Crippen molar-refractivity contribution in [2.45, 2.75) is 17.7 Å². The fourth-order valence-electron chi connectivity index (χ4n) is 2.09. The molecule has 1 aromatic carbocycles. The quantitative estimate of drug-likeness (QED) is 0.637. The van der Waals surface area contributed by atoms with Crippen LogP contribution in [0.4, 0.5) is 0 Å². The van der Waals surface area contributed by atoms with Crippen molar-refractivity contribution in [3.05, 3.63) is 28.7 Å². The van der Waals surface area contributed by atoms with Crippen LogP contribution in [0.15, 0.2) is 33.6 Å². The van der Waals surface area contributed by atoms with E-state index in [4.69, 9.17) is 0 Å². The number of benzene rings is 1. The number of hydrogen-bond donors (Lipinski definition) is 1. The van der Waals surface area contributed by atoms with Gasteiger partial charge >= 0.3 is 0 Å². The standard InChI is InChI=1S/C14H19BrN2OS/c15-12-3-5-13(6-4-12)19-10-7-16-14(18)11-17-8-1-2-9-17/h3-6H,1-2,7-11H2,(H,16,18). The Kier molecular flexibility index (Phi) is 6.20. The third-order valence-corrected chi connectivity index (χ3v) is 4.61. The maximum absolute atomic E-state index is 11.7. The van der Waals surface area contributed by atoms with Crippen LogP contribution < -0.4 is 5.32 Å². The highest BCUT2D eigenvalue weighted by Gasteiger charge is 2.14. The highest BCUT2D eigenvalue weighted by molar-refractivity contribution is 9.10. The summed E-state index contributed by atoms with van der Waals surface area (Å²) in [7, 11) is 0. The molecule has 0 aromatic heterocycles. The van der Waals surface area contributed by atoms with E-state index >= 15 is 0 Å². The van der Waals surface area contributed by atoms with Crippen LogP contribution in [0.3, 0.4) is 0 Å². The van der Waals surface area contributed by atoms with Crippen molar-refractivity contribution < 1.29 is 4.79 Å². The summed E-state index contributed by atoms with van der Waals surface area (Å²) in [6, 6.07) is 8.24. The lowest BCUT2D eigenvalue weighted by molar-refractivity contribution is -0.121. The summed E-state index contributed by atoms with van der Waals surface area (Å²) < 4.78 is 1.09. The van der Waals surface area contributed by atoms with Gasteiger partial charge in [0.05, 0.1) is 6.54 Å². The van der Waals surface area contributed by atoms with Gasteiger partial charge in [0.2, 0.25) is 5.91 Å². The highest BCUT2D eigenvalue weighted by atomic mass is 79.9. The van der Waals surface area contributed by atoms with Gasteiger partial charge in [0.1, 0.15) is 0 Å². The molecule has 1 fully saturated rings. The molecule has 0 atom stereocenters. The predicted molar refractivity (Wildman–Crippen MR) is 83.5 cm³/mol. The molecular weight excluding hydrogens is 324 g/mol. The van der Waals surface area contributed by atoms with Crippen molar-refractivity contribution in [1.82, 2.24) is 10.2 Å². The van der Waals surface area contributed by atoms with Gasteiger partial charge in [-0.25, -0.2) is 0 Å². The zero-order chi connectivity index (χ0) is 13.5. The molecule has 104 valence electrons. The van der Waals surface area contributed by atoms with E-state index in [-0.39, 0.29) is 5.91 Å². The molecule has 0 bridgehead atoms. The maximum atomic E-state index is 11.7. The predicted octanol–water partition coefficient (Wildman–Crippen LogP) is 2.75. The largest absolute Gasteiger partial charge is 0.354 e. The van der Waals surface area contributed by atoms with Gasteiger partial charge in [-0.2, -0.15) is 0 Å².